The number of halogens is 8. The van der Waals surface area contributed by atoms with Gasteiger partial charge in [0.05, 0.1) is 10.7 Å². The maximum Gasteiger partial charge on any atom is 0.435 e. The maximum absolute atomic E-state index is 13.5. The summed E-state index contributed by atoms with van der Waals surface area (Å²) in [7, 11) is 0. The molecule has 0 spiro atoms. The summed E-state index contributed by atoms with van der Waals surface area (Å²) < 4.78 is 87.6. The fourth-order valence-electron chi connectivity index (χ4n) is 1.23. The van der Waals surface area contributed by atoms with E-state index >= 15 is 0 Å². The predicted octanol–water partition coefficient (Wildman–Crippen LogP) is 4.21. The Bertz CT molecular complexity index is 437. The molecule has 0 radical (unpaired) electrons. The van der Waals surface area contributed by atoms with Crippen molar-refractivity contribution in [1.29, 1.82) is 0 Å². The van der Waals surface area contributed by atoms with E-state index in [9.17, 15) is 30.7 Å². The molecule has 0 bridgehead atoms. The predicted molar refractivity (Wildman–Crippen MR) is 50.8 cm³/mol. The number of hydrogen-bond donors (Lipinski definition) is 1. The minimum Gasteiger partial charge on any atom is -0.398 e. The summed E-state index contributed by atoms with van der Waals surface area (Å²) in [5.74, 6) is 0. The van der Waals surface area contributed by atoms with Crippen molar-refractivity contribution in [2.45, 2.75) is 18.0 Å². The molecule has 1 aromatic rings. The van der Waals surface area contributed by atoms with E-state index in [1.54, 1.807) is 0 Å². The molecular weight excluding hydrogens is 291 g/mol. The highest BCUT2D eigenvalue weighted by Gasteiger charge is 2.73. The molecular formula is C9H5ClF7N. The second kappa shape index (κ2) is 4.18. The Kier molecular flexibility index (Phi) is 3.46. The SMILES string of the molecule is Nc1ccc(C(F)(C(F)(F)F)C(F)(F)F)cc1Cl. The zero-order valence-electron chi connectivity index (χ0n) is 8.33. The van der Waals surface area contributed by atoms with Crippen LogP contribution in [-0.4, -0.2) is 12.4 Å². The summed E-state index contributed by atoms with van der Waals surface area (Å²) in [4.78, 5) is 0. The monoisotopic (exact) mass is 295 g/mol. The molecule has 1 rings (SSSR count). The second-order valence-corrected chi connectivity index (χ2v) is 3.80. The minimum absolute atomic E-state index is 0.206. The van der Waals surface area contributed by atoms with E-state index < -0.39 is 28.6 Å². The lowest BCUT2D eigenvalue weighted by atomic mass is 9.94. The van der Waals surface area contributed by atoms with E-state index in [2.05, 4.69) is 0 Å². The van der Waals surface area contributed by atoms with Crippen LogP contribution in [0.1, 0.15) is 5.56 Å². The summed E-state index contributed by atoms with van der Waals surface area (Å²) in [5.41, 5.74) is -2.28. The van der Waals surface area contributed by atoms with Gasteiger partial charge >= 0.3 is 18.0 Å². The number of nitrogens with two attached hydrogens (primary N) is 1. The molecule has 0 aliphatic rings. The number of nitrogen functional groups attached to an aromatic ring is 1. The molecule has 0 fully saturated rings. The standard InChI is InChI=1S/C9H5ClF7N/c10-5-3-4(1-2-6(5)18)7(11,8(12,13)14)9(15,16)17/h1-3H,18H2. The average molecular weight is 296 g/mol. The summed E-state index contributed by atoms with van der Waals surface area (Å²) in [5, 5.41) is -0.594. The fourth-order valence-corrected chi connectivity index (χ4v) is 1.41. The summed E-state index contributed by atoms with van der Waals surface area (Å²) in [6.45, 7) is 0. The Hall–Kier alpha value is -1.18. The molecule has 0 unspecified atom stereocenters. The van der Waals surface area contributed by atoms with Crippen LogP contribution in [0.15, 0.2) is 18.2 Å². The van der Waals surface area contributed by atoms with Crippen molar-refractivity contribution >= 4 is 17.3 Å². The Morgan fingerprint density at radius 3 is 1.67 bits per heavy atom. The van der Waals surface area contributed by atoms with Crippen molar-refractivity contribution in [2.24, 2.45) is 0 Å². The van der Waals surface area contributed by atoms with Crippen molar-refractivity contribution < 1.29 is 30.7 Å². The average Bonchev–Trinajstić information content (AvgIpc) is 2.17. The Morgan fingerprint density at radius 1 is 0.889 bits per heavy atom. The van der Waals surface area contributed by atoms with Gasteiger partial charge in [0.25, 0.3) is 0 Å². The zero-order valence-corrected chi connectivity index (χ0v) is 9.09. The van der Waals surface area contributed by atoms with Crippen LogP contribution in [0.3, 0.4) is 0 Å². The molecule has 0 saturated carbocycles. The lowest BCUT2D eigenvalue weighted by Crippen LogP contribution is -2.50. The Balaban J connectivity index is 3.51. The first kappa shape index (κ1) is 14.9. The highest BCUT2D eigenvalue weighted by atomic mass is 35.5. The number of benzene rings is 1. The third kappa shape index (κ3) is 2.21. The molecule has 0 heterocycles. The molecule has 18 heavy (non-hydrogen) atoms. The highest BCUT2D eigenvalue weighted by Crippen LogP contribution is 2.53. The van der Waals surface area contributed by atoms with Gasteiger partial charge in [-0.2, -0.15) is 26.3 Å². The highest BCUT2D eigenvalue weighted by molar-refractivity contribution is 6.33. The lowest BCUT2D eigenvalue weighted by molar-refractivity contribution is -0.348. The largest absolute Gasteiger partial charge is 0.435 e. The Labute approximate surface area is 101 Å². The van der Waals surface area contributed by atoms with Gasteiger partial charge in [-0.3, -0.25) is 0 Å². The van der Waals surface area contributed by atoms with Crippen molar-refractivity contribution in [1.82, 2.24) is 0 Å². The smallest absolute Gasteiger partial charge is 0.398 e. The molecule has 0 aliphatic heterocycles. The van der Waals surface area contributed by atoms with E-state index in [-0.39, 0.29) is 11.8 Å². The molecule has 0 saturated heterocycles. The molecule has 1 nitrogen and oxygen atoms in total. The number of rotatable bonds is 1. The van der Waals surface area contributed by atoms with Crippen molar-refractivity contribution in [3.8, 4) is 0 Å². The van der Waals surface area contributed by atoms with Crippen LogP contribution in [-0.2, 0) is 5.67 Å². The van der Waals surface area contributed by atoms with Gasteiger partial charge in [-0.1, -0.05) is 17.7 Å². The summed E-state index contributed by atoms with van der Waals surface area (Å²) in [6, 6.07) is 1.17. The first-order valence-corrected chi connectivity index (χ1v) is 4.67. The van der Waals surface area contributed by atoms with Crippen LogP contribution in [0.25, 0.3) is 0 Å². The normalized spacial score (nSPS) is 13.8. The third-order valence-electron chi connectivity index (χ3n) is 2.18. The van der Waals surface area contributed by atoms with Gasteiger partial charge in [-0.05, 0) is 12.1 Å². The lowest BCUT2D eigenvalue weighted by Gasteiger charge is -2.30. The topological polar surface area (TPSA) is 26.0 Å². The van der Waals surface area contributed by atoms with Crippen molar-refractivity contribution in [3.05, 3.63) is 28.8 Å². The number of hydrogen-bond acceptors (Lipinski definition) is 1. The van der Waals surface area contributed by atoms with E-state index in [0.29, 0.717) is 12.1 Å². The minimum atomic E-state index is -6.16. The van der Waals surface area contributed by atoms with Gasteiger partial charge in [-0.15, -0.1) is 0 Å². The van der Waals surface area contributed by atoms with Gasteiger partial charge in [0, 0.05) is 5.56 Å². The third-order valence-corrected chi connectivity index (χ3v) is 2.51. The van der Waals surface area contributed by atoms with Gasteiger partial charge in [0.15, 0.2) is 0 Å². The van der Waals surface area contributed by atoms with Crippen molar-refractivity contribution in [3.63, 3.8) is 0 Å². The number of alkyl halides is 7. The number of anilines is 1. The molecule has 1 aromatic carbocycles. The second-order valence-electron chi connectivity index (χ2n) is 3.39. The summed E-state index contributed by atoms with van der Waals surface area (Å²) >= 11 is 5.29. The fraction of sp³-hybridized carbons (Fsp3) is 0.333. The van der Waals surface area contributed by atoms with Crippen LogP contribution in [0, 0.1) is 0 Å². The molecule has 0 aliphatic carbocycles. The zero-order chi connectivity index (χ0) is 14.4. The van der Waals surface area contributed by atoms with E-state index in [1.165, 1.54) is 0 Å². The van der Waals surface area contributed by atoms with Crippen LogP contribution < -0.4 is 5.73 Å². The van der Waals surface area contributed by atoms with Gasteiger partial charge in [0.1, 0.15) is 0 Å². The Morgan fingerprint density at radius 2 is 1.33 bits per heavy atom. The molecule has 0 atom stereocenters. The summed E-state index contributed by atoms with van der Waals surface area (Å²) in [6.07, 6.45) is -12.3. The molecule has 0 amide bonds. The van der Waals surface area contributed by atoms with Crippen LogP contribution in [0.5, 0.6) is 0 Å². The van der Waals surface area contributed by atoms with Crippen LogP contribution >= 0.6 is 11.6 Å². The van der Waals surface area contributed by atoms with Crippen molar-refractivity contribution in [2.75, 3.05) is 5.73 Å². The molecule has 9 heteroatoms. The van der Waals surface area contributed by atoms with Crippen LogP contribution in [0.4, 0.5) is 36.4 Å². The van der Waals surface area contributed by atoms with Gasteiger partial charge in [0.2, 0.25) is 0 Å². The first-order valence-electron chi connectivity index (χ1n) is 4.29. The van der Waals surface area contributed by atoms with E-state index in [0.717, 1.165) is 0 Å². The van der Waals surface area contributed by atoms with Gasteiger partial charge < -0.3 is 5.73 Å². The molecule has 0 aromatic heterocycles. The molecule has 102 valence electrons. The van der Waals surface area contributed by atoms with Crippen LogP contribution in [0.2, 0.25) is 5.02 Å². The maximum atomic E-state index is 13.5. The van der Waals surface area contributed by atoms with Gasteiger partial charge in [-0.25, -0.2) is 4.39 Å². The first-order chi connectivity index (χ1) is 7.91. The van der Waals surface area contributed by atoms with E-state index in [1.807, 2.05) is 0 Å². The quantitative estimate of drug-likeness (QED) is 0.609. The molecule has 2 N–H and O–H groups in total. The van der Waals surface area contributed by atoms with E-state index in [4.69, 9.17) is 17.3 Å².